The Morgan fingerprint density at radius 1 is 1.31 bits per heavy atom. The number of hydrogen-bond donors (Lipinski definition) is 2. The van der Waals surface area contributed by atoms with Crippen LogP contribution in [0.4, 0.5) is 20.3 Å². The number of anilines is 2. The summed E-state index contributed by atoms with van der Waals surface area (Å²) in [6, 6.07) is 6.75. The normalized spacial score (nSPS) is 21.1. The molecule has 0 aliphatic carbocycles. The van der Waals surface area contributed by atoms with Crippen molar-refractivity contribution in [3.63, 3.8) is 0 Å². The monoisotopic (exact) mass is 415 g/mol. The highest BCUT2D eigenvalue weighted by atomic mass is 32.1. The number of halogens is 2. The lowest BCUT2D eigenvalue weighted by molar-refractivity contribution is 0.102. The van der Waals surface area contributed by atoms with Gasteiger partial charge in [0.1, 0.15) is 16.2 Å². The molecule has 3 aliphatic rings. The van der Waals surface area contributed by atoms with E-state index >= 15 is 0 Å². The SMILES string of the molecule is O=C(Nc1ccccc1C(F)F)c1csc2ncc(N3C[C@H]4CC[C@@H]3CN4)nc12. The molecule has 0 spiro atoms. The largest absolute Gasteiger partial charge is 0.349 e. The van der Waals surface area contributed by atoms with E-state index in [0.29, 0.717) is 28.0 Å². The number of alkyl halides is 2. The summed E-state index contributed by atoms with van der Waals surface area (Å²) in [5.74, 6) is 0.298. The Hall–Kier alpha value is -2.65. The molecule has 0 unspecified atom stereocenters. The lowest BCUT2D eigenvalue weighted by atomic mass is 9.93. The van der Waals surface area contributed by atoms with Crippen LogP contribution in [0.2, 0.25) is 0 Å². The van der Waals surface area contributed by atoms with Crippen molar-refractivity contribution in [1.29, 1.82) is 0 Å². The molecule has 0 saturated carbocycles. The van der Waals surface area contributed by atoms with Gasteiger partial charge in [0.15, 0.2) is 0 Å². The fraction of sp³-hybridized carbons (Fsp3) is 0.350. The Morgan fingerprint density at radius 2 is 2.17 bits per heavy atom. The minimum Gasteiger partial charge on any atom is -0.349 e. The van der Waals surface area contributed by atoms with Gasteiger partial charge in [0.2, 0.25) is 0 Å². The minimum absolute atomic E-state index is 0.107. The van der Waals surface area contributed by atoms with Gasteiger partial charge in [0.05, 0.1) is 11.8 Å². The summed E-state index contributed by atoms with van der Waals surface area (Å²) in [6.07, 6.45) is 1.36. The fourth-order valence-corrected chi connectivity index (χ4v) is 4.91. The molecule has 150 valence electrons. The third kappa shape index (κ3) is 3.34. The molecular weight excluding hydrogens is 396 g/mol. The van der Waals surface area contributed by atoms with Crippen LogP contribution in [0.5, 0.6) is 0 Å². The van der Waals surface area contributed by atoms with Gasteiger partial charge < -0.3 is 15.5 Å². The second-order valence-corrected chi connectivity index (χ2v) is 8.22. The third-order valence-electron chi connectivity index (χ3n) is 5.60. The van der Waals surface area contributed by atoms with Crippen molar-refractivity contribution in [2.24, 2.45) is 0 Å². The van der Waals surface area contributed by atoms with Gasteiger partial charge in [-0.2, -0.15) is 0 Å². The minimum atomic E-state index is -2.67. The van der Waals surface area contributed by atoms with E-state index in [9.17, 15) is 13.6 Å². The number of carbonyl (C=O) groups is 1. The molecule has 2 bridgehead atoms. The molecule has 3 aromatic rings. The molecule has 6 rings (SSSR count). The quantitative estimate of drug-likeness (QED) is 0.678. The molecule has 5 heterocycles. The Morgan fingerprint density at radius 3 is 2.90 bits per heavy atom. The molecule has 2 aromatic heterocycles. The predicted octanol–water partition coefficient (Wildman–Crippen LogP) is 3.82. The molecule has 6 nitrogen and oxygen atoms in total. The molecule has 3 fully saturated rings. The van der Waals surface area contributed by atoms with E-state index in [0.717, 1.165) is 31.7 Å². The van der Waals surface area contributed by atoms with Crippen LogP contribution in [0.1, 0.15) is 35.2 Å². The number of para-hydroxylation sites is 1. The van der Waals surface area contributed by atoms with Crippen LogP contribution in [-0.4, -0.2) is 41.0 Å². The third-order valence-corrected chi connectivity index (χ3v) is 6.48. The van der Waals surface area contributed by atoms with Crippen LogP contribution >= 0.6 is 11.3 Å². The highest BCUT2D eigenvalue weighted by Gasteiger charge is 2.34. The highest BCUT2D eigenvalue weighted by Crippen LogP contribution is 2.31. The van der Waals surface area contributed by atoms with Gasteiger partial charge in [-0.1, -0.05) is 18.2 Å². The van der Waals surface area contributed by atoms with Gasteiger partial charge in [-0.05, 0) is 18.9 Å². The number of rotatable bonds is 4. The molecule has 9 heteroatoms. The summed E-state index contributed by atoms with van der Waals surface area (Å²) in [5.41, 5.74) is 0.761. The Kier molecular flexibility index (Phi) is 4.63. The van der Waals surface area contributed by atoms with Crippen molar-refractivity contribution in [2.75, 3.05) is 23.3 Å². The van der Waals surface area contributed by atoms with Crippen LogP contribution < -0.4 is 15.5 Å². The van der Waals surface area contributed by atoms with E-state index in [-0.39, 0.29) is 11.3 Å². The number of hydrogen-bond acceptors (Lipinski definition) is 6. The number of fused-ring (bicyclic) bond motifs is 4. The van der Waals surface area contributed by atoms with E-state index in [4.69, 9.17) is 4.98 Å². The first-order chi connectivity index (χ1) is 14.1. The number of carbonyl (C=O) groups excluding carboxylic acids is 1. The molecule has 29 heavy (non-hydrogen) atoms. The van der Waals surface area contributed by atoms with Gasteiger partial charge in [-0.3, -0.25) is 4.79 Å². The van der Waals surface area contributed by atoms with Crippen molar-refractivity contribution in [1.82, 2.24) is 15.3 Å². The Bertz CT molecular complexity index is 1060. The second-order valence-electron chi connectivity index (χ2n) is 7.36. The van der Waals surface area contributed by atoms with Gasteiger partial charge in [0.25, 0.3) is 12.3 Å². The van der Waals surface area contributed by atoms with Gasteiger partial charge in [-0.25, -0.2) is 18.7 Å². The zero-order chi connectivity index (χ0) is 20.0. The average Bonchev–Trinajstić information content (AvgIpc) is 3.18. The number of nitrogens with one attached hydrogen (secondary N) is 2. The summed E-state index contributed by atoms with van der Waals surface area (Å²) >= 11 is 1.32. The zero-order valence-electron chi connectivity index (χ0n) is 15.4. The maximum Gasteiger partial charge on any atom is 0.265 e. The molecule has 2 N–H and O–H groups in total. The van der Waals surface area contributed by atoms with Crippen LogP contribution in [0, 0.1) is 0 Å². The van der Waals surface area contributed by atoms with Gasteiger partial charge in [0, 0.05) is 41.8 Å². The first-order valence-electron chi connectivity index (χ1n) is 9.53. The van der Waals surface area contributed by atoms with E-state index in [1.54, 1.807) is 17.6 Å². The predicted molar refractivity (Wildman–Crippen MR) is 109 cm³/mol. The van der Waals surface area contributed by atoms with E-state index in [1.165, 1.54) is 29.5 Å². The lowest BCUT2D eigenvalue weighted by Crippen LogP contribution is -2.61. The smallest absolute Gasteiger partial charge is 0.265 e. The van der Waals surface area contributed by atoms with Crippen LogP contribution in [0.25, 0.3) is 10.3 Å². The zero-order valence-corrected chi connectivity index (χ0v) is 16.3. The van der Waals surface area contributed by atoms with Crippen molar-refractivity contribution in [3.05, 3.63) is 47.0 Å². The summed E-state index contributed by atoms with van der Waals surface area (Å²) in [6.45, 7) is 1.80. The van der Waals surface area contributed by atoms with Crippen molar-refractivity contribution in [2.45, 2.75) is 31.4 Å². The van der Waals surface area contributed by atoms with Gasteiger partial charge >= 0.3 is 0 Å². The maximum absolute atomic E-state index is 13.2. The first kappa shape index (κ1) is 18.4. The summed E-state index contributed by atoms with van der Waals surface area (Å²) < 4.78 is 26.4. The number of piperidine rings is 2. The molecular formula is C20H19F2N5OS. The highest BCUT2D eigenvalue weighted by molar-refractivity contribution is 7.17. The standard InChI is InChI=1S/C20H19F2N5OS/c21-18(22)13-3-1-2-4-15(13)25-19(28)14-10-29-20-17(14)26-16(8-24-20)27-9-11-5-6-12(27)7-23-11/h1-4,8,10-12,18,23H,5-7,9H2,(H,25,28)/t11-,12-/m1/s1. The molecule has 3 saturated heterocycles. The fourth-order valence-electron chi connectivity index (χ4n) is 4.08. The lowest BCUT2D eigenvalue weighted by Gasteiger charge is -2.46. The van der Waals surface area contributed by atoms with E-state index < -0.39 is 12.3 Å². The average molecular weight is 415 g/mol. The first-order valence-corrected chi connectivity index (χ1v) is 10.4. The molecule has 1 amide bonds. The van der Waals surface area contributed by atoms with Crippen molar-refractivity contribution >= 4 is 39.1 Å². The summed E-state index contributed by atoms with van der Waals surface area (Å²) in [4.78, 5) is 25.0. The van der Waals surface area contributed by atoms with Crippen LogP contribution in [0.15, 0.2) is 35.8 Å². The number of benzene rings is 1. The Labute approximate surface area is 170 Å². The molecule has 3 aliphatic heterocycles. The number of aromatic nitrogens is 2. The second kappa shape index (κ2) is 7.31. The number of thiophene rings is 1. The van der Waals surface area contributed by atoms with Crippen molar-refractivity contribution < 1.29 is 13.6 Å². The van der Waals surface area contributed by atoms with Crippen LogP contribution in [0.3, 0.4) is 0 Å². The van der Waals surface area contributed by atoms with E-state index in [2.05, 4.69) is 20.5 Å². The van der Waals surface area contributed by atoms with Crippen molar-refractivity contribution in [3.8, 4) is 0 Å². The number of piperazine rings is 1. The Balaban J connectivity index is 1.45. The summed E-state index contributed by atoms with van der Waals surface area (Å²) in [7, 11) is 0. The molecule has 1 aromatic carbocycles. The molecule has 2 atom stereocenters. The number of nitrogens with zero attached hydrogens (tertiary/aromatic N) is 3. The van der Waals surface area contributed by atoms with Gasteiger partial charge in [-0.15, -0.1) is 11.3 Å². The maximum atomic E-state index is 13.2. The van der Waals surface area contributed by atoms with E-state index in [1.807, 2.05) is 0 Å². The summed E-state index contributed by atoms with van der Waals surface area (Å²) in [5, 5.41) is 7.80. The van der Waals surface area contributed by atoms with Crippen LogP contribution in [-0.2, 0) is 0 Å². The molecule has 0 radical (unpaired) electrons. The topological polar surface area (TPSA) is 70.2 Å². The number of amides is 1.